The van der Waals surface area contributed by atoms with Crippen LogP contribution in [0.3, 0.4) is 0 Å². The van der Waals surface area contributed by atoms with E-state index in [-0.39, 0.29) is 0 Å². The molecule has 0 bridgehead atoms. The first-order valence-electron chi connectivity index (χ1n) is 7.47. The molecule has 1 aromatic heterocycles. The Morgan fingerprint density at radius 3 is 2.76 bits per heavy atom. The summed E-state index contributed by atoms with van der Waals surface area (Å²) in [7, 11) is 0. The molecule has 3 heteroatoms. The highest BCUT2D eigenvalue weighted by atomic mass is 15.3. The number of nitrogens with zero attached hydrogens (tertiary/aromatic N) is 3. The summed E-state index contributed by atoms with van der Waals surface area (Å²) >= 11 is 0. The summed E-state index contributed by atoms with van der Waals surface area (Å²) in [6.45, 7) is 3.01. The topological polar surface area (TPSA) is 39.9 Å². The molecule has 3 nitrogen and oxygen atoms in total. The van der Waals surface area contributed by atoms with Gasteiger partial charge < -0.3 is 4.90 Å². The number of fused-ring (bicyclic) bond motifs is 1. The Hall–Kier alpha value is -2.34. The van der Waals surface area contributed by atoms with Crippen molar-refractivity contribution in [2.75, 3.05) is 11.4 Å². The average Bonchev–Trinajstić information content (AvgIpc) is 3.18. The van der Waals surface area contributed by atoms with Gasteiger partial charge in [0.05, 0.1) is 11.6 Å². The highest BCUT2D eigenvalue weighted by Crippen LogP contribution is 2.57. The number of hydrogen-bond acceptors (Lipinski definition) is 3. The zero-order chi connectivity index (χ0) is 14.4. The Bertz CT molecular complexity index is 717. The van der Waals surface area contributed by atoms with Crippen molar-refractivity contribution in [3.05, 3.63) is 59.3 Å². The number of aryl methyl sites for hydroxylation is 1. The van der Waals surface area contributed by atoms with E-state index in [1.54, 1.807) is 0 Å². The van der Waals surface area contributed by atoms with Gasteiger partial charge in [0.25, 0.3) is 0 Å². The number of piperidine rings is 1. The van der Waals surface area contributed by atoms with Gasteiger partial charge in [0.2, 0.25) is 0 Å². The van der Waals surface area contributed by atoms with Crippen molar-refractivity contribution in [3.8, 4) is 6.07 Å². The maximum absolute atomic E-state index is 9.39. The van der Waals surface area contributed by atoms with E-state index in [1.807, 2.05) is 19.1 Å². The van der Waals surface area contributed by atoms with Gasteiger partial charge in [-0.2, -0.15) is 5.26 Å². The second kappa shape index (κ2) is 4.60. The first kappa shape index (κ1) is 12.4. The van der Waals surface area contributed by atoms with Crippen LogP contribution in [-0.4, -0.2) is 11.5 Å². The van der Waals surface area contributed by atoms with Gasteiger partial charge in [0, 0.05) is 12.2 Å². The second-order valence-corrected chi connectivity index (χ2v) is 6.10. The van der Waals surface area contributed by atoms with Gasteiger partial charge >= 0.3 is 0 Å². The minimum Gasteiger partial charge on any atom is -0.348 e. The van der Waals surface area contributed by atoms with Crippen LogP contribution < -0.4 is 4.90 Å². The molecule has 0 amide bonds. The summed E-state index contributed by atoms with van der Waals surface area (Å²) in [6, 6.07) is 17.1. The minimum atomic E-state index is 0.373. The Labute approximate surface area is 124 Å². The summed E-state index contributed by atoms with van der Waals surface area (Å²) in [5, 5.41) is 9.39. The number of anilines is 1. The van der Waals surface area contributed by atoms with E-state index >= 15 is 0 Å². The van der Waals surface area contributed by atoms with Crippen molar-refractivity contribution in [3.63, 3.8) is 0 Å². The predicted molar refractivity (Wildman–Crippen MR) is 81.8 cm³/mol. The van der Waals surface area contributed by atoms with E-state index in [2.05, 4.69) is 46.3 Å². The number of aromatic nitrogens is 1. The van der Waals surface area contributed by atoms with Gasteiger partial charge in [0.1, 0.15) is 11.9 Å². The van der Waals surface area contributed by atoms with E-state index in [0.29, 0.717) is 11.6 Å². The maximum atomic E-state index is 9.39. The van der Waals surface area contributed by atoms with Crippen LogP contribution in [0, 0.1) is 30.1 Å². The Morgan fingerprint density at radius 2 is 2.00 bits per heavy atom. The quantitative estimate of drug-likeness (QED) is 0.842. The SMILES string of the molecule is Cc1ccc(C#N)c(N2C[C@@H]3C[C@@H]3[C@@H]2c2ccccc2)n1. The highest BCUT2D eigenvalue weighted by Gasteiger charge is 2.53. The summed E-state index contributed by atoms with van der Waals surface area (Å²) in [5.74, 6) is 2.35. The maximum Gasteiger partial charge on any atom is 0.147 e. The van der Waals surface area contributed by atoms with E-state index in [0.717, 1.165) is 29.9 Å². The van der Waals surface area contributed by atoms with Crippen LogP contribution in [0.2, 0.25) is 0 Å². The molecular formula is C18H17N3. The van der Waals surface area contributed by atoms with Crippen LogP contribution in [0.15, 0.2) is 42.5 Å². The zero-order valence-electron chi connectivity index (χ0n) is 12.0. The van der Waals surface area contributed by atoms with Gasteiger partial charge in [-0.05, 0) is 42.9 Å². The fourth-order valence-electron chi connectivity index (χ4n) is 3.61. The fraction of sp³-hybridized carbons (Fsp3) is 0.333. The van der Waals surface area contributed by atoms with Crippen molar-refractivity contribution in [1.29, 1.82) is 5.26 Å². The van der Waals surface area contributed by atoms with E-state index in [9.17, 15) is 5.26 Å². The third-order valence-electron chi connectivity index (χ3n) is 4.70. The molecule has 1 aliphatic carbocycles. The molecule has 0 unspecified atom stereocenters. The molecule has 2 aromatic rings. The summed E-state index contributed by atoms with van der Waals surface area (Å²) in [6.07, 6.45) is 1.31. The molecule has 0 N–H and O–H groups in total. The molecule has 0 radical (unpaired) electrons. The highest BCUT2D eigenvalue weighted by molar-refractivity contribution is 5.58. The van der Waals surface area contributed by atoms with E-state index in [1.165, 1.54) is 12.0 Å². The molecule has 1 saturated carbocycles. The lowest BCUT2D eigenvalue weighted by atomic mass is 10.0. The zero-order valence-corrected chi connectivity index (χ0v) is 12.0. The molecule has 3 atom stereocenters. The third kappa shape index (κ3) is 1.99. The van der Waals surface area contributed by atoms with Crippen LogP contribution in [0.5, 0.6) is 0 Å². The standard InChI is InChI=1S/C18H17N3/c1-12-7-8-14(10-19)18(20-12)21-11-15-9-16(15)17(21)13-5-3-2-4-6-13/h2-8,15-17H,9,11H2,1H3/t15-,16-,17-/m0/s1. The monoisotopic (exact) mass is 275 g/mol. The number of hydrogen-bond donors (Lipinski definition) is 0. The summed E-state index contributed by atoms with van der Waals surface area (Å²) in [5.41, 5.74) is 2.99. The van der Waals surface area contributed by atoms with Gasteiger partial charge in [-0.25, -0.2) is 4.98 Å². The van der Waals surface area contributed by atoms with E-state index in [4.69, 9.17) is 0 Å². The Kier molecular flexibility index (Phi) is 2.71. The first-order valence-corrected chi connectivity index (χ1v) is 7.47. The van der Waals surface area contributed by atoms with Gasteiger partial charge in [-0.3, -0.25) is 0 Å². The number of pyridine rings is 1. The summed E-state index contributed by atoms with van der Waals surface area (Å²) < 4.78 is 0. The van der Waals surface area contributed by atoms with E-state index < -0.39 is 0 Å². The van der Waals surface area contributed by atoms with Gasteiger partial charge in [0.15, 0.2) is 0 Å². The van der Waals surface area contributed by atoms with Gasteiger partial charge in [-0.15, -0.1) is 0 Å². The van der Waals surface area contributed by atoms with Crippen molar-refractivity contribution in [2.24, 2.45) is 11.8 Å². The van der Waals surface area contributed by atoms with Crippen molar-refractivity contribution < 1.29 is 0 Å². The molecule has 1 aromatic carbocycles. The number of rotatable bonds is 2. The molecule has 2 aliphatic rings. The van der Waals surface area contributed by atoms with Crippen molar-refractivity contribution in [2.45, 2.75) is 19.4 Å². The van der Waals surface area contributed by atoms with Crippen LogP contribution in [-0.2, 0) is 0 Å². The van der Waals surface area contributed by atoms with Crippen molar-refractivity contribution >= 4 is 5.82 Å². The predicted octanol–water partition coefficient (Wildman–Crippen LogP) is 3.46. The van der Waals surface area contributed by atoms with Gasteiger partial charge in [-0.1, -0.05) is 30.3 Å². The molecule has 104 valence electrons. The minimum absolute atomic E-state index is 0.373. The molecule has 4 rings (SSSR count). The number of nitriles is 1. The van der Waals surface area contributed by atoms with Crippen LogP contribution in [0.25, 0.3) is 0 Å². The molecule has 21 heavy (non-hydrogen) atoms. The molecule has 1 aliphatic heterocycles. The molecule has 2 fully saturated rings. The molecular weight excluding hydrogens is 258 g/mol. The average molecular weight is 275 g/mol. The van der Waals surface area contributed by atoms with Crippen LogP contribution in [0.1, 0.15) is 29.3 Å². The van der Waals surface area contributed by atoms with Crippen molar-refractivity contribution in [1.82, 2.24) is 4.98 Å². The summed E-state index contributed by atoms with van der Waals surface area (Å²) in [4.78, 5) is 7.01. The smallest absolute Gasteiger partial charge is 0.147 e. The molecule has 0 spiro atoms. The fourth-order valence-corrected chi connectivity index (χ4v) is 3.61. The lowest BCUT2D eigenvalue weighted by Crippen LogP contribution is -2.28. The molecule has 2 heterocycles. The first-order chi connectivity index (χ1) is 10.3. The Morgan fingerprint density at radius 1 is 1.19 bits per heavy atom. The number of benzene rings is 1. The lowest BCUT2D eigenvalue weighted by molar-refractivity contribution is 0.625. The largest absolute Gasteiger partial charge is 0.348 e. The normalized spacial score (nSPS) is 26.3. The molecule has 1 saturated heterocycles. The lowest BCUT2D eigenvalue weighted by Gasteiger charge is -2.29. The third-order valence-corrected chi connectivity index (χ3v) is 4.70. The van der Waals surface area contributed by atoms with Crippen LogP contribution >= 0.6 is 0 Å². The van der Waals surface area contributed by atoms with Crippen LogP contribution in [0.4, 0.5) is 5.82 Å². The Balaban J connectivity index is 1.78. The second-order valence-electron chi connectivity index (χ2n) is 6.10.